The summed E-state index contributed by atoms with van der Waals surface area (Å²) in [6.45, 7) is 6.34. The summed E-state index contributed by atoms with van der Waals surface area (Å²) in [4.78, 5) is 15.2. The highest BCUT2D eigenvalue weighted by Crippen LogP contribution is 2.35. The summed E-state index contributed by atoms with van der Waals surface area (Å²) in [7, 11) is 3.85. The van der Waals surface area contributed by atoms with Crippen LogP contribution in [0.4, 0.5) is 0 Å². The van der Waals surface area contributed by atoms with Crippen LogP contribution in [0.1, 0.15) is 38.4 Å². The summed E-state index contributed by atoms with van der Waals surface area (Å²) < 4.78 is 5.82. The predicted molar refractivity (Wildman–Crippen MR) is 99.4 cm³/mol. The summed E-state index contributed by atoms with van der Waals surface area (Å²) in [6, 6.07) is 9.04. The van der Waals surface area contributed by atoms with E-state index in [0.717, 1.165) is 11.1 Å². The standard InChI is InChI=1S/C21H23NO3/c1-12-6-7-15(10-13(12)2)21(24)19-14(3)25-18-9-8-17(23)16(20(18)19)11-22(4)5/h6-10,23H,11H2,1-5H3. The first-order valence-electron chi connectivity index (χ1n) is 8.30. The maximum Gasteiger partial charge on any atom is 0.197 e. The van der Waals surface area contributed by atoms with Gasteiger partial charge in [-0.2, -0.15) is 0 Å². The Morgan fingerprint density at radius 1 is 1.08 bits per heavy atom. The Bertz CT molecular complexity index is 967. The van der Waals surface area contributed by atoms with Crippen molar-refractivity contribution in [3.63, 3.8) is 0 Å². The van der Waals surface area contributed by atoms with Gasteiger partial charge in [0.15, 0.2) is 5.78 Å². The Kier molecular flexibility index (Phi) is 4.39. The lowest BCUT2D eigenvalue weighted by Crippen LogP contribution is -2.12. The van der Waals surface area contributed by atoms with Gasteiger partial charge in [0.05, 0.1) is 5.56 Å². The van der Waals surface area contributed by atoms with E-state index in [9.17, 15) is 9.90 Å². The Hall–Kier alpha value is -2.59. The van der Waals surface area contributed by atoms with Crippen molar-refractivity contribution in [2.45, 2.75) is 27.3 Å². The number of hydrogen-bond acceptors (Lipinski definition) is 4. The quantitative estimate of drug-likeness (QED) is 0.719. The molecule has 0 radical (unpaired) electrons. The minimum Gasteiger partial charge on any atom is -0.508 e. The van der Waals surface area contributed by atoms with Gasteiger partial charge in [-0.3, -0.25) is 4.79 Å². The molecule has 0 saturated heterocycles. The van der Waals surface area contributed by atoms with E-state index >= 15 is 0 Å². The van der Waals surface area contributed by atoms with E-state index in [1.54, 1.807) is 19.1 Å². The minimum atomic E-state index is -0.0787. The van der Waals surface area contributed by atoms with Crippen molar-refractivity contribution in [1.82, 2.24) is 4.90 Å². The fourth-order valence-corrected chi connectivity index (χ4v) is 3.14. The van der Waals surface area contributed by atoms with Crippen LogP contribution in [0.5, 0.6) is 5.75 Å². The van der Waals surface area contributed by atoms with Gasteiger partial charge in [-0.1, -0.05) is 12.1 Å². The van der Waals surface area contributed by atoms with Gasteiger partial charge in [0, 0.05) is 23.1 Å². The molecule has 4 nitrogen and oxygen atoms in total. The van der Waals surface area contributed by atoms with Gasteiger partial charge in [0.1, 0.15) is 17.1 Å². The van der Waals surface area contributed by atoms with Crippen molar-refractivity contribution in [3.05, 3.63) is 63.9 Å². The summed E-state index contributed by atoms with van der Waals surface area (Å²) >= 11 is 0. The van der Waals surface area contributed by atoms with Crippen LogP contribution in [0.2, 0.25) is 0 Å². The second-order valence-electron chi connectivity index (χ2n) is 6.84. The monoisotopic (exact) mass is 337 g/mol. The van der Waals surface area contributed by atoms with Crippen molar-refractivity contribution in [2.24, 2.45) is 0 Å². The van der Waals surface area contributed by atoms with Crippen molar-refractivity contribution in [1.29, 1.82) is 0 Å². The number of furan rings is 1. The Labute approximate surface area is 147 Å². The molecule has 0 bridgehead atoms. The fraction of sp³-hybridized carbons (Fsp3) is 0.286. The molecule has 130 valence electrons. The second kappa shape index (κ2) is 6.37. The zero-order valence-corrected chi connectivity index (χ0v) is 15.3. The van der Waals surface area contributed by atoms with E-state index in [1.807, 2.05) is 51.0 Å². The number of ketones is 1. The SMILES string of the molecule is Cc1ccc(C(=O)c2c(C)oc3ccc(O)c(CN(C)C)c23)cc1C. The van der Waals surface area contributed by atoms with Crippen LogP contribution in [0, 0.1) is 20.8 Å². The number of hydrogen-bond donors (Lipinski definition) is 1. The molecular weight excluding hydrogens is 314 g/mol. The van der Waals surface area contributed by atoms with Crippen LogP contribution in [-0.4, -0.2) is 29.9 Å². The number of aromatic hydroxyl groups is 1. The predicted octanol–water partition coefficient (Wildman–Crippen LogP) is 4.36. The molecule has 0 unspecified atom stereocenters. The molecule has 0 spiro atoms. The van der Waals surface area contributed by atoms with Crippen LogP contribution < -0.4 is 0 Å². The third-order valence-corrected chi connectivity index (χ3v) is 4.59. The summed E-state index contributed by atoms with van der Waals surface area (Å²) in [5.41, 5.74) is 4.73. The van der Waals surface area contributed by atoms with E-state index < -0.39 is 0 Å². The molecule has 1 heterocycles. The molecule has 0 saturated carbocycles. The van der Waals surface area contributed by atoms with Crippen LogP contribution >= 0.6 is 0 Å². The molecular formula is C21H23NO3. The van der Waals surface area contributed by atoms with Gasteiger partial charge in [-0.15, -0.1) is 0 Å². The normalized spacial score (nSPS) is 11.4. The molecule has 1 N–H and O–H groups in total. The van der Waals surface area contributed by atoms with Gasteiger partial charge in [-0.25, -0.2) is 0 Å². The average molecular weight is 337 g/mol. The fourth-order valence-electron chi connectivity index (χ4n) is 3.14. The number of fused-ring (bicyclic) bond motifs is 1. The molecule has 2 aromatic carbocycles. The Morgan fingerprint density at radius 3 is 2.44 bits per heavy atom. The van der Waals surface area contributed by atoms with Crippen molar-refractivity contribution < 1.29 is 14.3 Å². The second-order valence-corrected chi connectivity index (χ2v) is 6.84. The van der Waals surface area contributed by atoms with E-state index in [-0.39, 0.29) is 11.5 Å². The zero-order chi connectivity index (χ0) is 18.3. The maximum atomic E-state index is 13.2. The third-order valence-electron chi connectivity index (χ3n) is 4.59. The molecule has 1 aromatic heterocycles. The Morgan fingerprint density at radius 2 is 1.80 bits per heavy atom. The molecule has 0 aliphatic heterocycles. The summed E-state index contributed by atoms with van der Waals surface area (Å²) in [5.74, 6) is 0.671. The highest BCUT2D eigenvalue weighted by molar-refractivity contribution is 6.17. The molecule has 0 aliphatic carbocycles. The molecule has 0 amide bonds. The number of carbonyl (C=O) groups is 1. The van der Waals surface area contributed by atoms with E-state index in [1.165, 1.54) is 0 Å². The third kappa shape index (κ3) is 3.05. The lowest BCUT2D eigenvalue weighted by molar-refractivity contribution is 0.103. The molecule has 4 heteroatoms. The van der Waals surface area contributed by atoms with Crippen molar-refractivity contribution in [3.8, 4) is 5.75 Å². The van der Waals surface area contributed by atoms with Gasteiger partial charge in [-0.05, 0) is 64.2 Å². The number of aryl methyl sites for hydroxylation is 3. The summed E-state index contributed by atoms with van der Waals surface area (Å²) in [6.07, 6.45) is 0. The first-order valence-corrected chi connectivity index (χ1v) is 8.30. The number of carbonyl (C=O) groups excluding carboxylic acids is 1. The molecule has 0 atom stereocenters. The molecule has 25 heavy (non-hydrogen) atoms. The van der Waals surface area contributed by atoms with Gasteiger partial charge in [0.25, 0.3) is 0 Å². The number of phenols is 1. The highest BCUT2D eigenvalue weighted by Gasteiger charge is 2.24. The average Bonchev–Trinajstić information content (AvgIpc) is 2.88. The van der Waals surface area contributed by atoms with E-state index in [4.69, 9.17) is 4.42 Å². The van der Waals surface area contributed by atoms with Crippen molar-refractivity contribution >= 4 is 16.8 Å². The van der Waals surface area contributed by atoms with Crippen LogP contribution in [0.25, 0.3) is 11.0 Å². The smallest absolute Gasteiger partial charge is 0.197 e. The number of rotatable bonds is 4. The lowest BCUT2D eigenvalue weighted by atomic mass is 9.95. The topological polar surface area (TPSA) is 53.7 Å². The van der Waals surface area contributed by atoms with Crippen molar-refractivity contribution in [2.75, 3.05) is 14.1 Å². The first kappa shape index (κ1) is 17.2. The largest absolute Gasteiger partial charge is 0.508 e. The highest BCUT2D eigenvalue weighted by atomic mass is 16.3. The number of benzene rings is 2. The maximum absolute atomic E-state index is 13.2. The van der Waals surface area contributed by atoms with Crippen LogP contribution in [0.3, 0.4) is 0 Å². The lowest BCUT2D eigenvalue weighted by Gasteiger charge is -2.13. The van der Waals surface area contributed by atoms with Crippen LogP contribution in [-0.2, 0) is 6.54 Å². The van der Waals surface area contributed by atoms with Gasteiger partial charge in [0.2, 0.25) is 0 Å². The summed E-state index contributed by atoms with van der Waals surface area (Å²) in [5, 5.41) is 11.0. The number of nitrogens with zero attached hydrogens (tertiary/aromatic N) is 1. The van der Waals surface area contributed by atoms with Crippen LogP contribution in [0.15, 0.2) is 34.7 Å². The Balaban J connectivity index is 2.24. The first-order chi connectivity index (χ1) is 11.8. The molecule has 0 aliphatic rings. The number of phenolic OH excluding ortho intramolecular Hbond substituents is 1. The van der Waals surface area contributed by atoms with E-state index in [0.29, 0.717) is 40.0 Å². The van der Waals surface area contributed by atoms with Gasteiger partial charge < -0.3 is 14.4 Å². The van der Waals surface area contributed by atoms with Gasteiger partial charge >= 0.3 is 0 Å². The van der Waals surface area contributed by atoms with E-state index in [2.05, 4.69) is 0 Å². The molecule has 0 fully saturated rings. The molecule has 3 rings (SSSR count). The molecule has 3 aromatic rings. The zero-order valence-electron chi connectivity index (χ0n) is 15.3. The minimum absolute atomic E-state index is 0.0787.